The highest BCUT2D eigenvalue weighted by molar-refractivity contribution is 7.09. The number of piperazine rings is 1. The Morgan fingerprint density at radius 2 is 2.14 bits per heavy atom. The molecule has 1 aliphatic rings. The van der Waals surface area contributed by atoms with Gasteiger partial charge in [-0.1, -0.05) is 6.07 Å². The molecular weight excluding hydrogens is 298 g/mol. The first kappa shape index (κ1) is 14.9. The van der Waals surface area contributed by atoms with Gasteiger partial charge in [-0.2, -0.15) is 0 Å². The molecule has 0 atom stereocenters. The number of carbonyl (C=O) groups is 1. The lowest BCUT2D eigenvalue weighted by Crippen LogP contribution is -2.44. The molecule has 0 radical (unpaired) electrons. The van der Waals surface area contributed by atoms with Gasteiger partial charge in [-0.25, -0.2) is 9.97 Å². The third kappa shape index (κ3) is 3.61. The van der Waals surface area contributed by atoms with E-state index in [1.165, 1.54) is 6.33 Å². The Labute approximate surface area is 133 Å². The summed E-state index contributed by atoms with van der Waals surface area (Å²) in [6.07, 6.45) is 1.47. The molecule has 3 rings (SSSR count). The number of hydrogen-bond donors (Lipinski definition) is 1. The molecule has 0 unspecified atom stereocenters. The van der Waals surface area contributed by atoms with Crippen molar-refractivity contribution in [3.8, 4) is 0 Å². The van der Waals surface area contributed by atoms with E-state index in [1.54, 1.807) is 17.4 Å². The van der Waals surface area contributed by atoms with Gasteiger partial charge in [0.2, 0.25) is 0 Å². The minimum absolute atomic E-state index is 0.161. The van der Waals surface area contributed by atoms with Crippen molar-refractivity contribution in [2.24, 2.45) is 0 Å². The van der Waals surface area contributed by atoms with Crippen LogP contribution in [0.5, 0.6) is 0 Å². The molecule has 1 aliphatic heterocycles. The zero-order valence-electron chi connectivity index (χ0n) is 12.5. The predicted molar refractivity (Wildman–Crippen MR) is 87.2 cm³/mol. The number of anilines is 1. The molecule has 0 spiro atoms. The third-order valence-corrected chi connectivity index (χ3v) is 4.59. The highest BCUT2D eigenvalue weighted by atomic mass is 32.1. The molecule has 1 amide bonds. The number of carbonyl (C=O) groups excluding carboxylic acids is 1. The maximum absolute atomic E-state index is 12.2. The van der Waals surface area contributed by atoms with Crippen molar-refractivity contribution in [3.63, 3.8) is 0 Å². The van der Waals surface area contributed by atoms with E-state index in [0.29, 0.717) is 12.2 Å². The number of nitrogens with zero attached hydrogens (tertiary/aromatic N) is 4. The van der Waals surface area contributed by atoms with E-state index in [9.17, 15) is 4.79 Å². The van der Waals surface area contributed by atoms with Crippen molar-refractivity contribution < 1.29 is 4.79 Å². The Morgan fingerprint density at radius 3 is 2.86 bits per heavy atom. The summed E-state index contributed by atoms with van der Waals surface area (Å²) in [5, 5.41) is 4.89. The van der Waals surface area contributed by atoms with Crippen LogP contribution in [0.15, 0.2) is 29.9 Å². The molecule has 22 heavy (non-hydrogen) atoms. The van der Waals surface area contributed by atoms with Crippen LogP contribution in [-0.2, 0) is 6.54 Å². The lowest BCUT2D eigenvalue weighted by atomic mass is 10.3. The molecule has 1 saturated heterocycles. The van der Waals surface area contributed by atoms with Crippen molar-refractivity contribution >= 4 is 23.1 Å². The van der Waals surface area contributed by atoms with Gasteiger partial charge in [0, 0.05) is 37.1 Å². The number of likely N-dealkylation sites (N-methyl/N-ethyl adjacent to an activating group) is 1. The van der Waals surface area contributed by atoms with Gasteiger partial charge in [0.15, 0.2) is 0 Å². The van der Waals surface area contributed by atoms with E-state index in [4.69, 9.17) is 0 Å². The summed E-state index contributed by atoms with van der Waals surface area (Å²) in [5.41, 5.74) is 0.417. The molecule has 1 fully saturated rings. The van der Waals surface area contributed by atoms with Gasteiger partial charge in [-0.3, -0.25) is 4.79 Å². The van der Waals surface area contributed by atoms with Crippen molar-refractivity contribution in [2.75, 3.05) is 38.1 Å². The van der Waals surface area contributed by atoms with E-state index in [1.807, 2.05) is 17.5 Å². The standard InChI is InChI=1S/C15H19N5OS/c1-19-4-6-20(7-5-19)14-9-13(17-11-18-14)15(21)16-10-12-3-2-8-22-12/h2-3,8-9,11H,4-7,10H2,1H3,(H,16,21). The van der Waals surface area contributed by atoms with E-state index in [0.717, 1.165) is 36.9 Å². The topological polar surface area (TPSA) is 61.4 Å². The highest BCUT2D eigenvalue weighted by Gasteiger charge is 2.17. The maximum atomic E-state index is 12.2. The summed E-state index contributed by atoms with van der Waals surface area (Å²) < 4.78 is 0. The van der Waals surface area contributed by atoms with Crippen molar-refractivity contribution in [1.82, 2.24) is 20.2 Å². The third-order valence-electron chi connectivity index (χ3n) is 3.72. The lowest BCUT2D eigenvalue weighted by molar-refractivity contribution is 0.0946. The molecular formula is C15H19N5OS. The number of nitrogens with one attached hydrogen (secondary N) is 1. The number of amides is 1. The smallest absolute Gasteiger partial charge is 0.270 e. The van der Waals surface area contributed by atoms with Crippen LogP contribution in [0.1, 0.15) is 15.4 Å². The SMILES string of the molecule is CN1CCN(c2cc(C(=O)NCc3cccs3)ncn2)CC1. The first-order chi connectivity index (χ1) is 10.7. The monoisotopic (exact) mass is 317 g/mol. The Kier molecular flexibility index (Phi) is 4.65. The summed E-state index contributed by atoms with van der Waals surface area (Å²) in [5.74, 6) is 0.663. The molecule has 6 nitrogen and oxygen atoms in total. The van der Waals surface area contributed by atoms with Gasteiger partial charge in [0.1, 0.15) is 17.8 Å². The van der Waals surface area contributed by atoms with E-state index in [-0.39, 0.29) is 5.91 Å². The minimum Gasteiger partial charge on any atom is -0.354 e. The first-order valence-corrected chi connectivity index (χ1v) is 8.16. The summed E-state index contributed by atoms with van der Waals surface area (Å²) in [4.78, 5) is 26.2. The zero-order valence-corrected chi connectivity index (χ0v) is 13.3. The highest BCUT2D eigenvalue weighted by Crippen LogP contribution is 2.14. The van der Waals surface area contributed by atoms with Crippen LogP contribution in [0, 0.1) is 0 Å². The molecule has 0 aliphatic carbocycles. The van der Waals surface area contributed by atoms with Gasteiger partial charge in [0.25, 0.3) is 5.91 Å². The number of aromatic nitrogens is 2. The van der Waals surface area contributed by atoms with Crippen LogP contribution in [0.25, 0.3) is 0 Å². The van der Waals surface area contributed by atoms with Crippen LogP contribution in [0.2, 0.25) is 0 Å². The molecule has 0 aromatic carbocycles. The molecule has 2 aromatic rings. The van der Waals surface area contributed by atoms with E-state index < -0.39 is 0 Å². The van der Waals surface area contributed by atoms with Crippen LogP contribution in [0.3, 0.4) is 0 Å². The molecule has 3 heterocycles. The maximum Gasteiger partial charge on any atom is 0.270 e. The van der Waals surface area contributed by atoms with Crippen LogP contribution < -0.4 is 10.2 Å². The van der Waals surface area contributed by atoms with Crippen molar-refractivity contribution in [2.45, 2.75) is 6.54 Å². The van der Waals surface area contributed by atoms with Crippen LogP contribution in [-0.4, -0.2) is 54.0 Å². The molecule has 7 heteroatoms. The summed E-state index contributed by atoms with van der Waals surface area (Å²) >= 11 is 1.63. The van der Waals surface area contributed by atoms with Crippen molar-refractivity contribution in [1.29, 1.82) is 0 Å². The Bertz CT molecular complexity index is 623. The van der Waals surface area contributed by atoms with Crippen molar-refractivity contribution in [3.05, 3.63) is 40.5 Å². The molecule has 0 bridgehead atoms. The summed E-state index contributed by atoms with van der Waals surface area (Å²) in [7, 11) is 2.11. The Hall–Kier alpha value is -1.99. The normalized spacial score (nSPS) is 15.8. The van der Waals surface area contributed by atoms with Gasteiger partial charge >= 0.3 is 0 Å². The predicted octanol–water partition coefficient (Wildman–Crippen LogP) is 1.22. The van der Waals surface area contributed by atoms with Crippen LogP contribution in [0.4, 0.5) is 5.82 Å². The fourth-order valence-corrected chi connectivity index (χ4v) is 3.00. The quantitative estimate of drug-likeness (QED) is 0.919. The van der Waals surface area contributed by atoms with Crippen LogP contribution >= 0.6 is 11.3 Å². The lowest BCUT2D eigenvalue weighted by Gasteiger charge is -2.33. The van der Waals surface area contributed by atoms with Gasteiger partial charge < -0.3 is 15.1 Å². The Balaban J connectivity index is 1.64. The molecule has 1 N–H and O–H groups in total. The Morgan fingerprint density at radius 1 is 1.32 bits per heavy atom. The summed E-state index contributed by atoms with van der Waals surface area (Å²) in [6, 6.07) is 5.75. The molecule has 0 saturated carbocycles. The molecule has 116 valence electrons. The van der Waals surface area contributed by atoms with Gasteiger partial charge in [-0.15, -0.1) is 11.3 Å². The fraction of sp³-hybridized carbons (Fsp3) is 0.400. The number of rotatable bonds is 4. The second-order valence-corrected chi connectivity index (χ2v) is 6.35. The average molecular weight is 317 g/mol. The zero-order chi connectivity index (χ0) is 15.4. The second kappa shape index (κ2) is 6.85. The second-order valence-electron chi connectivity index (χ2n) is 5.31. The minimum atomic E-state index is -0.161. The van der Waals surface area contributed by atoms with E-state index >= 15 is 0 Å². The number of thiophene rings is 1. The largest absolute Gasteiger partial charge is 0.354 e. The van der Waals surface area contributed by atoms with Gasteiger partial charge in [-0.05, 0) is 18.5 Å². The van der Waals surface area contributed by atoms with Gasteiger partial charge in [0.05, 0.1) is 6.54 Å². The first-order valence-electron chi connectivity index (χ1n) is 7.28. The average Bonchev–Trinajstić information content (AvgIpc) is 3.07. The van der Waals surface area contributed by atoms with E-state index in [2.05, 4.69) is 32.1 Å². The summed E-state index contributed by atoms with van der Waals surface area (Å²) in [6.45, 7) is 4.38. The number of hydrogen-bond acceptors (Lipinski definition) is 6. The fourth-order valence-electron chi connectivity index (χ4n) is 2.35. The molecule has 2 aromatic heterocycles.